The van der Waals surface area contributed by atoms with Gasteiger partial charge in [-0.25, -0.2) is 5.48 Å². The average molecular weight is 269 g/mol. The summed E-state index contributed by atoms with van der Waals surface area (Å²) in [7, 11) is 0. The van der Waals surface area contributed by atoms with E-state index < -0.39 is 17.8 Å². The topological polar surface area (TPSA) is 75.6 Å². The van der Waals surface area contributed by atoms with E-state index in [0.717, 1.165) is 32.1 Å². The highest BCUT2D eigenvalue weighted by atomic mass is 16.7. The Morgan fingerprint density at radius 2 is 1.84 bits per heavy atom. The number of carboxylic acids is 1. The number of carbonyl (C=O) groups is 2. The second-order valence-corrected chi connectivity index (χ2v) is 5.79. The van der Waals surface area contributed by atoms with E-state index in [1.807, 2.05) is 6.92 Å². The van der Waals surface area contributed by atoms with Crippen LogP contribution in [0.15, 0.2) is 0 Å². The van der Waals surface area contributed by atoms with E-state index in [9.17, 15) is 14.7 Å². The minimum atomic E-state index is -0.864. The maximum Gasteiger partial charge on any atom is 0.307 e. The van der Waals surface area contributed by atoms with E-state index >= 15 is 0 Å². The second kappa shape index (κ2) is 6.37. The van der Waals surface area contributed by atoms with Gasteiger partial charge in [0, 0.05) is 0 Å². The molecule has 2 fully saturated rings. The lowest BCUT2D eigenvalue weighted by molar-refractivity contribution is -0.151. The van der Waals surface area contributed by atoms with E-state index in [4.69, 9.17) is 4.84 Å². The van der Waals surface area contributed by atoms with Crippen molar-refractivity contribution in [1.82, 2.24) is 5.48 Å². The molecule has 2 N–H and O–H groups in total. The third-order valence-corrected chi connectivity index (χ3v) is 4.52. The Morgan fingerprint density at radius 1 is 1.21 bits per heavy atom. The predicted octanol–water partition coefficient (Wildman–Crippen LogP) is 2.11. The molecule has 0 radical (unpaired) electrons. The van der Waals surface area contributed by atoms with Crippen molar-refractivity contribution in [2.24, 2.45) is 17.8 Å². The molecule has 1 unspecified atom stereocenters. The normalized spacial score (nSPS) is 31.5. The summed E-state index contributed by atoms with van der Waals surface area (Å²) >= 11 is 0. The lowest BCUT2D eigenvalue weighted by Crippen LogP contribution is -2.37. The minimum absolute atomic E-state index is 0.107. The average Bonchev–Trinajstić information content (AvgIpc) is 3.04. The number of rotatable bonds is 5. The van der Waals surface area contributed by atoms with Gasteiger partial charge >= 0.3 is 5.97 Å². The molecule has 0 heterocycles. The zero-order valence-electron chi connectivity index (χ0n) is 11.4. The van der Waals surface area contributed by atoms with Crippen LogP contribution in [0.3, 0.4) is 0 Å². The van der Waals surface area contributed by atoms with Crippen LogP contribution in [-0.2, 0) is 14.4 Å². The van der Waals surface area contributed by atoms with Crippen molar-refractivity contribution in [3.05, 3.63) is 0 Å². The summed E-state index contributed by atoms with van der Waals surface area (Å²) < 4.78 is 0. The fourth-order valence-electron chi connectivity index (χ4n) is 3.26. The first-order valence-electron chi connectivity index (χ1n) is 7.30. The highest BCUT2D eigenvalue weighted by Gasteiger charge is 2.42. The molecule has 0 aromatic carbocycles. The molecular weight excluding hydrogens is 246 g/mol. The number of aliphatic carboxylic acids is 1. The number of hydrogen-bond donors (Lipinski definition) is 2. The number of nitrogens with one attached hydrogen (secondary N) is 1. The quantitative estimate of drug-likeness (QED) is 0.750. The molecule has 0 aromatic rings. The fraction of sp³-hybridized carbons (Fsp3) is 0.857. The summed E-state index contributed by atoms with van der Waals surface area (Å²) in [5.41, 5.74) is 2.49. The number of hydroxylamine groups is 1. The van der Waals surface area contributed by atoms with Gasteiger partial charge in [-0.05, 0) is 31.6 Å². The molecule has 0 aliphatic heterocycles. The highest BCUT2D eigenvalue weighted by molar-refractivity contribution is 5.84. The fourth-order valence-corrected chi connectivity index (χ4v) is 3.26. The first kappa shape index (κ1) is 14.3. The molecule has 0 aromatic heterocycles. The van der Waals surface area contributed by atoms with Crippen LogP contribution in [0.4, 0.5) is 0 Å². The Balaban J connectivity index is 1.87. The molecule has 0 bridgehead atoms. The van der Waals surface area contributed by atoms with Crippen molar-refractivity contribution in [3.8, 4) is 0 Å². The van der Waals surface area contributed by atoms with Crippen LogP contribution in [0.1, 0.15) is 51.9 Å². The number of hydrogen-bond acceptors (Lipinski definition) is 3. The molecule has 0 saturated heterocycles. The molecule has 1 amide bonds. The van der Waals surface area contributed by atoms with Crippen LogP contribution in [0, 0.1) is 17.8 Å². The van der Waals surface area contributed by atoms with E-state index in [-0.39, 0.29) is 12.0 Å². The lowest BCUT2D eigenvalue weighted by Gasteiger charge is -2.17. The van der Waals surface area contributed by atoms with Gasteiger partial charge in [-0.3, -0.25) is 14.4 Å². The zero-order valence-corrected chi connectivity index (χ0v) is 11.4. The lowest BCUT2D eigenvalue weighted by atomic mass is 9.96. The van der Waals surface area contributed by atoms with Crippen molar-refractivity contribution >= 4 is 11.9 Å². The molecule has 5 heteroatoms. The molecule has 2 saturated carbocycles. The molecule has 108 valence electrons. The van der Waals surface area contributed by atoms with Gasteiger partial charge in [0.2, 0.25) is 5.91 Å². The third-order valence-electron chi connectivity index (χ3n) is 4.52. The molecule has 3 atom stereocenters. The first-order valence-corrected chi connectivity index (χ1v) is 7.30. The summed E-state index contributed by atoms with van der Waals surface area (Å²) in [5.74, 6) is -1.78. The zero-order chi connectivity index (χ0) is 13.8. The van der Waals surface area contributed by atoms with Gasteiger partial charge in [0.15, 0.2) is 0 Å². The third kappa shape index (κ3) is 3.47. The Morgan fingerprint density at radius 3 is 2.42 bits per heavy atom. The standard InChI is InChI=1S/C14H23NO4/c1-2-9-7-11(12(8-9)14(17)18)13(16)15-19-10-5-3-4-6-10/h9-12H,2-8H2,1H3,(H,15,16)(H,17,18)/t9?,11-,12+/m0/s1. The van der Waals surface area contributed by atoms with Crippen LogP contribution < -0.4 is 5.48 Å². The molecule has 2 aliphatic rings. The summed E-state index contributed by atoms with van der Waals surface area (Å²) in [6.07, 6.45) is 6.53. The number of carboxylic acid groups (broad SMARTS) is 1. The van der Waals surface area contributed by atoms with Crippen molar-refractivity contribution < 1.29 is 19.5 Å². The molecule has 2 aliphatic carbocycles. The van der Waals surface area contributed by atoms with Gasteiger partial charge in [-0.1, -0.05) is 26.2 Å². The number of amides is 1. The van der Waals surface area contributed by atoms with E-state index in [1.54, 1.807) is 0 Å². The van der Waals surface area contributed by atoms with E-state index in [1.165, 1.54) is 0 Å². The minimum Gasteiger partial charge on any atom is -0.481 e. The molecule has 0 spiro atoms. The van der Waals surface area contributed by atoms with Crippen LogP contribution >= 0.6 is 0 Å². The van der Waals surface area contributed by atoms with E-state index in [0.29, 0.717) is 18.8 Å². The van der Waals surface area contributed by atoms with Gasteiger partial charge in [0.1, 0.15) is 0 Å². The molecule has 2 rings (SSSR count). The Labute approximate surface area is 113 Å². The molecule has 19 heavy (non-hydrogen) atoms. The summed E-state index contributed by atoms with van der Waals surface area (Å²) in [4.78, 5) is 28.7. The first-order chi connectivity index (χ1) is 9.11. The van der Waals surface area contributed by atoms with Crippen LogP contribution in [0.2, 0.25) is 0 Å². The second-order valence-electron chi connectivity index (χ2n) is 5.79. The van der Waals surface area contributed by atoms with Crippen LogP contribution in [0.25, 0.3) is 0 Å². The predicted molar refractivity (Wildman–Crippen MR) is 69.1 cm³/mol. The van der Waals surface area contributed by atoms with Crippen molar-refractivity contribution in [1.29, 1.82) is 0 Å². The summed E-state index contributed by atoms with van der Waals surface area (Å²) in [6, 6.07) is 0. The smallest absolute Gasteiger partial charge is 0.307 e. The summed E-state index contributed by atoms with van der Waals surface area (Å²) in [6.45, 7) is 2.04. The van der Waals surface area contributed by atoms with Gasteiger partial charge in [0.25, 0.3) is 0 Å². The SMILES string of the molecule is CCC1C[C@H](C(=O)NOC2CCCC2)[C@H](C(=O)O)C1. The van der Waals surface area contributed by atoms with Gasteiger partial charge < -0.3 is 5.11 Å². The number of carbonyl (C=O) groups excluding carboxylic acids is 1. The summed E-state index contributed by atoms with van der Waals surface area (Å²) in [5, 5.41) is 9.20. The van der Waals surface area contributed by atoms with Gasteiger partial charge in [0.05, 0.1) is 17.9 Å². The van der Waals surface area contributed by atoms with Gasteiger partial charge in [-0.15, -0.1) is 0 Å². The monoisotopic (exact) mass is 269 g/mol. The maximum atomic E-state index is 12.1. The van der Waals surface area contributed by atoms with Crippen molar-refractivity contribution in [3.63, 3.8) is 0 Å². The maximum absolute atomic E-state index is 12.1. The highest BCUT2D eigenvalue weighted by Crippen LogP contribution is 2.38. The Hall–Kier alpha value is -1.10. The molecular formula is C14H23NO4. The Bertz CT molecular complexity index is 338. The van der Waals surface area contributed by atoms with E-state index in [2.05, 4.69) is 5.48 Å². The van der Waals surface area contributed by atoms with Crippen LogP contribution in [0.5, 0.6) is 0 Å². The van der Waals surface area contributed by atoms with Crippen molar-refractivity contribution in [2.45, 2.75) is 58.0 Å². The van der Waals surface area contributed by atoms with Crippen molar-refractivity contribution in [2.75, 3.05) is 0 Å². The largest absolute Gasteiger partial charge is 0.481 e. The Kier molecular flexibility index (Phi) is 4.80. The van der Waals surface area contributed by atoms with Gasteiger partial charge in [-0.2, -0.15) is 0 Å². The molecule has 5 nitrogen and oxygen atoms in total. The van der Waals surface area contributed by atoms with Crippen LogP contribution in [-0.4, -0.2) is 23.1 Å².